The number of nitrogens with zero attached hydrogens (tertiary/aromatic N) is 4. The summed E-state index contributed by atoms with van der Waals surface area (Å²) in [7, 11) is 1.44. The standard InChI is InChI=1S/C23H21FN4O4/c1-32-19-11-14(24)4-5-16(19)18-6-7-20(29)28(26-18)15-12-27(13-15)22(30)21-17(3-2-10-25-21)23(31)8-9-23/h2-7,10-11,15,31H,8-9,12-13H2,1H3. The van der Waals surface area contributed by atoms with Gasteiger partial charge in [-0.05, 0) is 37.1 Å². The van der Waals surface area contributed by atoms with Crippen molar-refractivity contribution in [2.45, 2.75) is 24.5 Å². The molecule has 2 aromatic heterocycles. The van der Waals surface area contributed by atoms with Gasteiger partial charge in [-0.25, -0.2) is 9.07 Å². The summed E-state index contributed by atoms with van der Waals surface area (Å²) in [6.45, 7) is 0.592. The van der Waals surface area contributed by atoms with Crippen molar-refractivity contribution in [3.05, 3.63) is 76.1 Å². The van der Waals surface area contributed by atoms with Crippen LogP contribution < -0.4 is 10.3 Å². The predicted octanol–water partition coefficient (Wildman–Crippen LogP) is 2.13. The summed E-state index contributed by atoms with van der Waals surface area (Å²) < 4.78 is 20.1. The van der Waals surface area contributed by atoms with Crippen LogP contribution in [-0.4, -0.2) is 50.9 Å². The van der Waals surface area contributed by atoms with E-state index in [-0.39, 0.29) is 23.2 Å². The first-order valence-corrected chi connectivity index (χ1v) is 10.3. The molecule has 3 heterocycles. The highest BCUT2D eigenvalue weighted by Crippen LogP contribution is 2.46. The summed E-state index contributed by atoms with van der Waals surface area (Å²) in [5.41, 5.74) is 0.563. The topological polar surface area (TPSA) is 97.6 Å². The van der Waals surface area contributed by atoms with Crippen molar-refractivity contribution >= 4 is 5.91 Å². The Hall–Kier alpha value is -3.59. The van der Waals surface area contributed by atoms with Crippen LogP contribution in [0.3, 0.4) is 0 Å². The number of carbonyl (C=O) groups is 1. The maximum absolute atomic E-state index is 13.5. The van der Waals surface area contributed by atoms with Gasteiger partial charge in [0.15, 0.2) is 0 Å². The Kier molecular flexibility index (Phi) is 4.78. The lowest BCUT2D eigenvalue weighted by atomic mass is 10.0. The van der Waals surface area contributed by atoms with E-state index in [4.69, 9.17) is 4.74 Å². The van der Waals surface area contributed by atoms with Crippen LogP contribution in [-0.2, 0) is 5.60 Å². The van der Waals surface area contributed by atoms with Crippen LogP contribution in [0.2, 0.25) is 0 Å². The van der Waals surface area contributed by atoms with Gasteiger partial charge in [0.2, 0.25) is 0 Å². The van der Waals surface area contributed by atoms with Crippen LogP contribution in [0.5, 0.6) is 5.75 Å². The summed E-state index contributed by atoms with van der Waals surface area (Å²) in [5, 5.41) is 14.9. The number of ether oxygens (including phenoxy) is 1. The molecule has 1 aliphatic carbocycles. The molecule has 3 aromatic rings. The smallest absolute Gasteiger partial charge is 0.272 e. The number of aliphatic hydroxyl groups is 1. The minimum Gasteiger partial charge on any atom is -0.496 e. The maximum Gasteiger partial charge on any atom is 0.272 e. The fraction of sp³-hybridized carbons (Fsp3) is 0.304. The van der Waals surface area contributed by atoms with Crippen LogP contribution in [0.1, 0.15) is 34.9 Å². The van der Waals surface area contributed by atoms with Crippen LogP contribution in [0.25, 0.3) is 11.3 Å². The van der Waals surface area contributed by atoms with Gasteiger partial charge in [0.1, 0.15) is 17.3 Å². The number of benzene rings is 1. The number of rotatable bonds is 5. The molecule has 32 heavy (non-hydrogen) atoms. The first-order valence-electron chi connectivity index (χ1n) is 10.3. The van der Waals surface area contributed by atoms with Crippen molar-refractivity contribution in [3.63, 3.8) is 0 Å². The average Bonchev–Trinajstić information content (AvgIpc) is 3.52. The second-order valence-electron chi connectivity index (χ2n) is 8.14. The number of carbonyl (C=O) groups excluding carboxylic acids is 1. The van der Waals surface area contributed by atoms with Gasteiger partial charge in [-0.3, -0.25) is 14.6 Å². The van der Waals surface area contributed by atoms with Crippen molar-refractivity contribution in [1.29, 1.82) is 0 Å². The maximum atomic E-state index is 13.5. The zero-order valence-corrected chi connectivity index (χ0v) is 17.4. The molecule has 2 fully saturated rings. The molecule has 2 aliphatic rings. The zero-order chi connectivity index (χ0) is 22.5. The molecule has 0 atom stereocenters. The van der Waals surface area contributed by atoms with Crippen molar-refractivity contribution in [2.24, 2.45) is 0 Å². The van der Waals surface area contributed by atoms with Gasteiger partial charge >= 0.3 is 0 Å². The third-order valence-electron chi connectivity index (χ3n) is 6.00. The van der Waals surface area contributed by atoms with Crippen LogP contribution in [0.15, 0.2) is 53.5 Å². The molecule has 1 N–H and O–H groups in total. The highest BCUT2D eigenvalue weighted by atomic mass is 19.1. The fourth-order valence-corrected chi connectivity index (χ4v) is 3.97. The van der Waals surface area contributed by atoms with E-state index in [0.717, 1.165) is 0 Å². The monoisotopic (exact) mass is 436 g/mol. The van der Waals surface area contributed by atoms with Gasteiger partial charge in [0.05, 0.1) is 24.4 Å². The SMILES string of the molecule is COc1cc(F)ccc1-c1ccc(=O)n(C2CN(C(=O)c3ncccc3C3(O)CC3)C2)n1. The number of aromatic nitrogens is 3. The Balaban J connectivity index is 1.37. The normalized spacial score (nSPS) is 17.0. The van der Waals surface area contributed by atoms with Gasteiger partial charge < -0.3 is 14.7 Å². The lowest BCUT2D eigenvalue weighted by molar-refractivity contribution is 0.0478. The van der Waals surface area contributed by atoms with Gasteiger partial charge in [0.25, 0.3) is 11.5 Å². The third-order valence-corrected chi connectivity index (χ3v) is 6.00. The predicted molar refractivity (Wildman–Crippen MR) is 113 cm³/mol. The lowest BCUT2D eigenvalue weighted by Crippen LogP contribution is -2.53. The molecular weight excluding hydrogens is 415 g/mol. The number of amides is 1. The van der Waals surface area contributed by atoms with Crippen molar-refractivity contribution in [1.82, 2.24) is 19.7 Å². The van der Waals surface area contributed by atoms with Gasteiger partial charge in [-0.1, -0.05) is 6.07 Å². The fourth-order valence-electron chi connectivity index (χ4n) is 3.97. The summed E-state index contributed by atoms with van der Waals surface area (Å²) >= 11 is 0. The quantitative estimate of drug-likeness (QED) is 0.658. The Bertz CT molecular complexity index is 1260. The van der Waals surface area contributed by atoms with E-state index < -0.39 is 11.4 Å². The van der Waals surface area contributed by atoms with Gasteiger partial charge in [-0.2, -0.15) is 5.10 Å². The lowest BCUT2D eigenvalue weighted by Gasteiger charge is -2.39. The Morgan fingerprint density at radius 2 is 2.00 bits per heavy atom. The van der Waals surface area contributed by atoms with Crippen molar-refractivity contribution in [3.8, 4) is 17.0 Å². The van der Waals surface area contributed by atoms with Crippen LogP contribution in [0.4, 0.5) is 4.39 Å². The Morgan fingerprint density at radius 3 is 2.72 bits per heavy atom. The van der Waals surface area contributed by atoms with E-state index in [0.29, 0.717) is 48.5 Å². The molecule has 1 amide bonds. The Morgan fingerprint density at radius 1 is 1.22 bits per heavy atom. The minimum absolute atomic E-state index is 0.246. The molecule has 9 heteroatoms. The summed E-state index contributed by atoms with van der Waals surface area (Å²) in [6, 6.07) is 10.2. The molecule has 1 saturated heterocycles. The number of methoxy groups -OCH3 is 1. The van der Waals surface area contributed by atoms with Gasteiger partial charge in [0, 0.05) is 42.5 Å². The van der Waals surface area contributed by atoms with Crippen LogP contribution >= 0.6 is 0 Å². The third kappa shape index (κ3) is 3.44. The van der Waals surface area contributed by atoms with E-state index in [9.17, 15) is 19.1 Å². The summed E-state index contributed by atoms with van der Waals surface area (Å²) in [6.07, 6.45) is 2.76. The van der Waals surface area contributed by atoms with E-state index in [1.54, 1.807) is 29.2 Å². The van der Waals surface area contributed by atoms with Crippen molar-refractivity contribution in [2.75, 3.05) is 20.2 Å². The molecule has 1 saturated carbocycles. The molecular formula is C23H21FN4O4. The summed E-state index contributed by atoms with van der Waals surface area (Å²) in [4.78, 5) is 31.2. The molecule has 5 rings (SSSR count). The Labute approximate surface area is 182 Å². The minimum atomic E-state index is -0.968. The van der Waals surface area contributed by atoms with Crippen LogP contribution in [0, 0.1) is 5.82 Å². The molecule has 1 aromatic carbocycles. The van der Waals surface area contributed by atoms with E-state index in [2.05, 4.69) is 10.1 Å². The van der Waals surface area contributed by atoms with Gasteiger partial charge in [-0.15, -0.1) is 0 Å². The largest absolute Gasteiger partial charge is 0.496 e. The molecule has 0 radical (unpaired) electrons. The molecule has 1 aliphatic heterocycles. The first kappa shape index (κ1) is 20.3. The number of hydrogen-bond donors (Lipinski definition) is 1. The molecule has 8 nitrogen and oxygen atoms in total. The highest BCUT2D eigenvalue weighted by molar-refractivity contribution is 5.94. The molecule has 164 valence electrons. The molecule has 0 unspecified atom stereocenters. The summed E-state index contributed by atoms with van der Waals surface area (Å²) in [5.74, 6) is -0.396. The second-order valence-corrected chi connectivity index (χ2v) is 8.14. The highest BCUT2D eigenvalue weighted by Gasteiger charge is 2.46. The average molecular weight is 436 g/mol. The molecule has 0 bridgehead atoms. The van der Waals surface area contributed by atoms with E-state index in [1.807, 2.05) is 0 Å². The second kappa shape index (κ2) is 7.52. The molecule has 0 spiro atoms. The number of pyridine rings is 1. The number of halogens is 1. The van der Waals surface area contributed by atoms with Crippen molar-refractivity contribution < 1.29 is 19.0 Å². The van der Waals surface area contributed by atoms with E-state index >= 15 is 0 Å². The zero-order valence-electron chi connectivity index (χ0n) is 17.4. The number of likely N-dealkylation sites (tertiary alicyclic amines) is 1. The van der Waals surface area contributed by atoms with E-state index in [1.165, 1.54) is 36.2 Å². The first-order chi connectivity index (χ1) is 15.4. The number of hydrogen-bond acceptors (Lipinski definition) is 6.